The second kappa shape index (κ2) is 2.46. The zero-order valence-electron chi connectivity index (χ0n) is 5.65. The summed E-state index contributed by atoms with van der Waals surface area (Å²) in [5.41, 5.74) is 0. The number of rotatable bonds is 0. The van der Waals surface area contributed by atoms with Gasteiger partial charge in [-0.05, 0) is 6.92 Å². The Labute approximate surface area is 50.9 Å². The molecule has 0 saturated carbocycles. The summed E-state index contributed by atoms with van der Waals surface area (Å²) in [5, 5.41) is 3.32. The molecule has 1 rings (SSSR count). The Kier molecular flexibility index (Phi) is 1.86. The maximum absolute atomic E-state index is 3.32. The van der Waals surface area contributed by atoms with E-state index in [0.717, 1.165) is 19.1 Å². The molecule has 1 aliphatic rings. The van der Waals surface area contributed by atoms with Crippen LogP contribution in [0.5, 0.6) is 0 Å². The summed E-state index contributed by atoms with van der Waals surface area (Å²) in [5.74, 6) is 0. The van der Waals surface area contributed by atoms with Crippen LogP contribution in [-0.2, 0) is 0 Å². The topological polar surface area (TPSA) is 17.9 Å². The maximum atomic E-state index is 3.32. The van der Waals surface area contributed by atoms with E-state index in [4.69, 9.17) is 0 Å². The van der Waals surface area contributed by atoms with Crippen LogP contribution in [0.15, 0.2) is 0 Å². The molecule has 47 valence electrons. The van der Waals surface area contributed by atoms with Gasteiger partial charge in [0.1, 0.15) is 19.6 Å². The van der Waals surface area contributed by atoms with Gasteiger partial charge in [0.15, 0.2) is 0 Å². The van der Waals surface area contributed by atoms with Gasteiger partial charge in [-0.15, -0.1) is 0 Å². The zero-order chi connectivity index (χ0) is 5.98. The van der Waals surface area contributed by atoms with E-state index in [2.05, 4.69) is 24.2 Å². The molecular formula is C6H14N2+. The predicted molar refractivity (Wildman–Crippen MR) is 35.3 cm³/mol. The number of hydrogen-bond donors (Lipinski definition) is 1. The fourth-order valence-corrected chi connectivity index (χ4v) is 0.943. The first-order valence-electron chi connectivity index (χ1n) is 3.21. The van der Waals surface area contributed by atoms with Crippen LogP contribution in [0.25, 0.3) is 0 Å². The Bertz CT molecular complexity index is 62.9. The van der Waals surface area contributed by atoms with E-state index in [1.807, 2.05) is 0 Å². The van der Waals surface area contributed by atoms with E-state index in [0.29, 0.717) is 0 Å². The average molecular weight is 114 g/mol. The molecule has 1 unspecified atom stereocenters. The molecule has 1 fully saturated rings. The maximum Gasteiger partial charge on any atom is 0.142 e. The molecule has 0 aromatic carbocycles. The minimum atomic E-state index is 0.726. The molecule has 8 heavy (non-hydrogen) atoms. The summed E-state index contributed by atoms with van der Waals surface area (Å²) in [7, 11) is 2.17. The molecule has 1 aliphatic heterocycles. The molecule has 1 saturated heterocycles. The van der Waals surface area contributed by atoms with Crippen LogP contribution in [-0.4, -0.2) is 32.7 Å². The van der Waals surface area contributed by atoms with Crippen molar-refractivity contribution in [1.29, 1.82) is 0 Å². The second-order valence-corrected chi connectivity index (χ2v) is 2.53. The van der Waals surface area contributed by atoms with E-state index in [9.17, 15) is 0 Å². The van der Waals surface area contributed by atoms with Gasteiger partial charge in [-0.25, -0.2) is 0 Å². The van der Waals surface area contributed by atoms with Gasteiger partial charge in [0, 0.05) is 6.54 Å². The van der Waals surface area contributed by atoms with Crippen molar-refractivity contribution in [2.24, 2.45) is 0 Å². The van der Waals surface area contributed by atoms with Gasteiger partial charge in [-0.2, -0.15) is 4.90 Å². The van der Waals surface area contributed by atoms with E-state index in [1.165, 1.54) is 6.54 Å². The van der Waals surface area contributed by atoms with Crippen molar-refractivity contribution >= 4 is 0 Å². The number of nitrogens with zero attached hydrogens (tertiary/aromatic N) is 1. The van der Waals surface area contributed by atoms with Gasteiger partial charge < -0.3 is 5.32 Å². The molecule has 0 bridgehead atoms. The Morgan fingerprint density at radius 3 is 2.75 bits per heavy atom. The van der Waals surface area contributed by atoms with E-state index in [-0.39, 0.29) is 0 Å². The third-order valence-corrected chi connectivity index (χ3v) is 1.83. The van der Waals surface area contributed by atoms with Crippen molar-refractivity contribution in [3.05, 3.63) is 0 Å². The van der Waals surface area contributed by atoms with Gasteiger partial charge in [-0.3, -0.25) is 0 Å². The molecule has 1 N–H and O–H groups in total. The van der Waals surface area contributed by atoms with Crippen molar-refractivity contribution < 1.29 is 0 Å². The standard InChI is InChI=1S/C6H14N2/c1-6-5-7-3-4-8(6)2/h6-7H,3-5H2,1-2H3/q+1. The van der Waals surface area contributed by atoms with Crippen LogP contribution >= 0.6 is 0 Å². The first kappa shape index (κ1) is 6.05. The molecule has 0 spiro atoms. The van der Waals surface area contributed by atoms with E-state index >= 15 is 0 Å². The lowest BCUT2D eigenvalue weighted by Gasteiger charge is -2.20. The first-order valence-corrected chi connectivity index (χ1v) is 3.21. The zero-order valence-corrected chi connectivity index (χ0v) is 5.65. The molecule has 1 heterocycles. The normalized spacial score (nSPS) is 33.0. The van der Waals surface area contributed by atoms with Crippen LogP contribution < -0.4 is 10.2 Å². The predicted octanol–water partition coefficient (Wildman–Crippen LogP) is -0.252. The SMILES string of the molecule is CC1CNCC[N+]1C. The van der Waals surface area contributed by atoms with Crippen LogP contribution in [0.3, 0.4) is 0 Å². The highest BCUT2D eigenvalue weighted by Crippen LogP contribution is 1.92. The van der Waals surface area contributed by atoms with Crippen molar-refractivity contribution in [1.82, 2.24) is 10.2 Å². The van der Waals surface area contributed by atoms with Gasteiger partial charge in [0.25, 0.3) is 0 Å². The fraction of sp³-hybridized carbons (Fsp3) is 1.00. The Morgan fingerprint density at radius 2 is 2.38 bits per heavy atom. The minimum Gasteiger partial charge on any atom is -0.306 e. The molecule has 0 aliphatic carbocycles. The van der Waals surface area contributed by atoms with E-state index < -0.39 is 0 Å². The van der Waals surface area contributed by atoms with Crippen LogP contribution in [0.2, 0.25) is 0 Å². The molecule has 0 aromatic heterocycles. The van der Waals surface area contributed by atoms with Gasteiger partial charge in [-0.1, -0.05) is 0 Å². The number of nitrogens with one attached hydrogen (secondary N) is 1. The highest BCUT2D eigenvalue weighted by atomic mass is 15.2. The quantitative estimate of drug-likeness (QED) is 0.430. The molecule has 1 radical (unpaired) electrons. The summed E-state index contributed by atoms with van der Waals surface area (Å²) in [6, 6.07) is 0.726. The summed E-state index contributed by atoms with van der Waals surface area (Å²) < 4.78 is 0. The Morgan fingerprint density at radius 1 is 1.62 bits per heavy atom. The van der Waals surface area contributed by atoms with E-state index in [1.54, 1.807) is 0 Å². The average Bonchev–Trinajstić information content (AvgIpc) is 1.77. The van der Waals surface area contributed by atoms with Crippen LogP contribution in [0.4, 0.5) is 0 Å². The Balaban J connectivity index is 2.28. The van der Waals surface area contributed by atoms with Gasteiger partial charge in [0.05, 0.1) is 6.54 Å². The largest absolute Gasteiger partial charge is 0.306 e. The number of likely N-dealkylation sites (N-methyl/N-ethyl adjacent to an activating group) is 1. The van der Waals surface area contributed by atoms with Crippen LogP contribution in [0.1, 0.15) is 6.92 Å². The fourth-order valence-electron chi connectivity index (χ4n) is 0.943. The molecule has 1 atom stereocenters. The monoisotopic (exact) mass is 114 g/mol. The molecular weight excluding hydrogens is 100 g/mol. The Hall–Kier alpha value is -0.0800. The molecule has 0 amide bonds. The summed E-state index contributed by atoms with van der Waals surface area (Å²) in [4.78, 5) is 2.37. The number of piperazine rings is 1. The van der Waals surface area contributed by atoms with Crippen LogP contribution in [0, 0.1) is 0 Å². The van der Waals surface area contributed by atoms with Gasteiger partial charge in [0.2, 0.25) is 0 Å². The van der Waals surface area contributed by atoms with Crippen molar-refractivity contribution in [2.45, 2.75) is 13.0 Å². The smallest absolute Gasteiger partial charge is 0.142 e. The lowest BCUT2D eigenvalue weighted by atomic mass is 10.2. The van der Waals surface area contributed by atoms with Crippen molar-refractivity contribution in [3.8, 4) is 0 Å². The lowest BCUT2D eigenvalue weighted by Crippen LogP contribution is -2.51. The number of hydrogen-bond acceptors (Lipinski definition) is 2. The summed E-state index contributed by atoms with van der Waals surface area (Å²) >= 11 is 0. The highest BCUT2D eigenvalue weighted by Gasteiger charge is 2.21. The van der Waals surface area contributed by atoms with Crippen molar-refractivity contribution in [2.75, 3.05) is 26.7 Å². The van der Waals surface area contributed by atoms with Gasteiger partial charge >= 0.3 is 0 Å². The second-order valence-electron chi connectivity index (χ2n) is 2.53. The third-order valence-electron chi connectivity index (χ3n) is 1.83. The molecule has 2 heteroatoms. The minimum absolute atomic E-state index is 0.726. The summed E-state index contributed by atoms with van der Waals surface area (Å²) in [6.07, 6.45) is 0. The first-order chi connectivity index (χ1) is 3.80. The highest BCUT2D eigenvalue weighted by molar-refractivity contribution is 4.76. The van der Waals surface area contributed by atoms with Crippen molar-refractivity contribution in [3.63, 3.8) is 0 Å². The third kappa shape index (κ3) is 1.20. The molecule has 0 aromatic rings. The lowest BCUT2D eigenvalue weighted by molar-refractivity contribution is 0.320. The summed E-state index contributed by atoms with van der Waals surface area (Å²) in [6.45, 7) is 5.74. The molecule has 2 nitrogen and oxygen atoms in total.